The van der Waals surface area contributed by atoms with Crippen molar-refractivity contribution in [3.63, 3.8) is 0 Å². The van der Waals surface area contributed by atoms with Crippen LogP contribution in [0.15, 0.2) is 48.5 Å². The lowest BCUT2D eigenvalue weighted by atomic mass is 10.0. The number of aliphatic hydroxyl groups is 1. The highest BCUT2D eigenvalue weighted by Crippen LogP contribution is 2.20. The number of rotatable bonds is 5. The van der Waals surface area contributed by atoms with Crippen molar-refractivity contribution in [2.24, 2.45) is 0 Å². The second-order valence-electron chi connectivity index (χ2n) is 4.20. The fourth-order valence-electron chi connectivity index (χ4n) is 1.72. The molecule has 0 saturated carbocycles. The SMILES string of the molecule is OCC(COc1ccc(F)cc1)c1ccc(Cl)cc1. The van der Waals surface area contributed by atoms with E-state index >= 15 is 0 Å². The first kappa shape index (κ1) is 13.8. The number of halogens is 2. The van der Waals surface area contributed by atoms with Crippen molar-refractivity contribution in [2.45, 2.75) is 5.92 Å². The van der Waals surface area contributed by atoms with Crippen LogP contribution in [0.5, 0.6) is 5.75 Å². The molecular formula is C15H14ClFO2. The van der Waals surface area contributed by atoms with Gasteiger partial charge < -0.3 is 9.84 Å². The van der Waals surface area contributed by atoms with E-state index in [9.17, 15) is 9.50 Å². The molecule has 0 spiro atoms. The third-order valence-electron chi connectivity index (χ3n) is 2.83. The first-order valence-corrected chi connectivity index (χ1v) is 6.31. The summed E-state index contributed by atoms with van der Waals surface area (Å²) >= 11 is 5.82. The summed E-state index contributed by atoms with van der Waals surface area (Å²) in [5, 5.41) is 10.1. The molecule has 19 heavy (non-hydrogen) atoms. The molecule has 0 saturated heterocycles. The van der Waals surface area contributed by atoms with E-state index in [2.05, 4.69) is 0 Å². The van der Waals surface area contributed by atoms with Gasteiger partial charge in [-0.25, -0.2) is 4.39 Å². The lowest BCUT2D eigenvalue weighted by Gasteiger charge is -2.15. The van der Waals surface area contributed by atoms with E-state index in [1.54, 1.807) is 24.3 Å². The number of hydrogen-bond acceptors (Lipinski definition) is 2. The van der Waals surface area contributed by atoms with Crippen molar-refractivity contribution in [3.8, 4) is 5.75 Å². The second-order valence-corrected chi connectivity index (χ2v) is 4.63. The molecule has 2 rings (SSSR count). The molecule has 0 heterocycles. The van der Waals surface area contributed by atoms with E-state index in [-0.39, 0.29) is 18.3 Å². The van der Waals surface area contributed by atoms with Crippen LogP contribution in [0.2, 0.25) is 5.02 Å². The Labute approximate surface area is 116 Å². The summed E-state index contributed by atoms with van der Waals surface area (Å²) in [6, 6.07) is 13.1. The number of hydrogen-bond donors (Lipinski definition) is 1. The first-order valence-electron chi connectivity index (χ1n) is 5.93. The molecular weight excluding hydrogens is 267 g/mol. The van der Waals surface area contributed by atoms with Gasteiger partial charge in [0, 0.05) is 10.9 Å². The van der Waals surface area contributed by atoms with E-state index in [0.717, 1.165) is 5.56 Å². The highest BCUT2D eigenvalue weighted by Gasteiger charge is 2.11. The molecule has 1 atom stereocenters. The van der Waals surface area contributed by atoms with Gasteiger partial charge in [0.25, 0.3) is 0 Å². The molecule has 0 aliphatic heterocycles. The Kier molecular flexibility index (Phi) is 4.77. The minimum absolute atomic E-state index is 0.0250. The van der Waals surface area contributed by atoms with Gasteiger partial charge in [0.1, 0.15) is 11.6 Å². The molecule has 2 aromatic carbocycles. The van der Waals surface area contributed by atoms with Crippen molar-refractivity contribution < 1.29 is 14.2 Å². The molecule has 0 aliphatic carbocycles. The lowest BCUT2D eigenvalue weighted by molar-refractivity contribution is 0.205. The largest absolute Gasteiger partial charge is 0.493 e. The third-order valence-corrected chi connectivity index (χ3v) is 3.08. The molecule has 0 bridgehead atoms. The maximum absolute atomic E-state index is 12.7. The smallest absolute Gasteiger partial charge is 0.123 e. The standard InChI is InChI=1S/C15H14ClFO2/c16-13-3-1-11(2-4-13)12(9-18)10-19-15-7-5-14(17)6-8-15/h1-8,12,18H,9-10H2. The Hall–Kier alpha value is -1.58. The summed E-state index contributed by atoms with van der Waals surface area (Å²) in [7, 11) is 0. The molecule has 2 nitrogen and oxygen atoms in total. The fourth-order valence-corrected chi connectivity index (χ4v) is 1.84. The predicted octanol–water partition coefficient (Wildman–Crippen LogP) is 3.63. The Morgan fingerprint density at radius 3 is 2.26 bits per heavy atom. The van der Waals surface area contributed by atoms with Crippen molar-refractivity contribution in [3.05, 3.63) is 64.9 Å². The molecule has 0 amide bonds. The number of ether oxygens (including phenoxy) is 1. The van der Waals surface area contributed by atoms with Crippen LogP contribution >= 0.6 is 11.6 Å². The molecule has 2 aromatic rings. The summed E-state index contributed by atoms with van der Waals surface area (Å²) < 4.78 is 18.3. The van der Waals surface area contributed by atoms with E-state index in [4.69, 9.17) is 16.3 Å². The number of aliphatic hydroxyl groups excluding tert-OH is 1. The van der Waals surface area contributed by atoms with E-state index in [1.165, 1.54) is 12.1 Å². The summed E-state index contributed by atoms with van der Waals surface area (Å²) in [6.07, 6.45) is 0. The minimum Gasteiger partial charge on any atom is -0.493 e. The summed E-state index contributed by atoms with van der Waals surface area (Å²) in [5.41, 5.74) is 0.953. The quantitative estimate of drug-likeness (QED) is 0.906. The van der Waals surface area contributed by atoms with Gasteiger partial charge in [-0.1, -0.05) is 23.7 Å². The van der Waals surface area contributed by atoms with Gasteiger partial charge >= 0.3 is 0 Å². The molecule has 0 fully saturated rings. The van der Waals surface area contributed by atoms with Crippen LogP contribution in [-0.4, -0.2) is 18.3 Å². The zero-order chi connectivity index (χ0) is 13.7. The summed E-state index contributed by atoms with van der Waals surface area (Å²) in [6.45, 7) is 0.298. The highest BCUT2D eigenvalue weighted by molar-refractivity contribution is 6.30. The topological polar surface area (TPSA) is 29.5 Å². The van der Waals surface area contributed by atoms with Crippen LogP contribution < -0.4 is 4.74 Å². The van der Waals surface area contributed by atoms with Gasteiger partial charge in [0.05, 0.1) is 13.2 Å². The second kappa shape index (κ2) is 6.55. The van der Waals surface area contributed by atoms with Crippen LogP contribution in [0.1, 0.15) is 11.5 Å². The van der Waals surface area contributed by atoms with Crippen LogP contribution in [0.4, 0.5) is 4.39 Å². The van der Waals surface area contributed by atoms with Crippen molar-refractivity contribution in [1.82, 2.24) is 0 Å². The average Bonchev–Trinajstić information content (AvgIpc) is 2.43. The minimum atomic E-state index is -0.302. The Morgan fingerprint density at radius 1 is 1.05 bits per heavy atom. The van der Waals surface area contributed by atoms with Crippen molar-refractivity contribution >= 4 is 11.6 Å². The molecule has 0 aromatic heterocycles. The van der Waals surface area contributed by atoms with Gasteiger partial charge in [-0.3, -0.25) is 0 Å². The van der Waals surface area contributed by atoms with Gasteiger partial charge in [0.15, 0.2) is 0 Å². The molecule has 4 heteroatoms. The molecule has 1 unspecified atom stereocenters. The average molecular weight is 281 g/mol. The van der Waals surface area contributed by atoms with Gasteiger partial charge in [-0.2, -0.15) is 0 Å². The lowest BCUT2D eigenvalue weighted by Crippen LogP contribution is -2.14. The molecule has 100 valence electrons. The predicted molar refractivity (Wildman–Crippen MR) is 73.2 cm³/mol. The zero-order valence-electron chi connectivity index (χ0n) is 10.2. The Bertz CT molecular complexity index is 511. The van der Waals surface area contributed by atoms with Crippen LogP contribution in [0.25, 0.3) is 0 Å². The zero-order valence-corrected chi connectivity index (χ0v) is 11.0. The summed E-state index contributed by atoms with van der Waals surface area (Å²) in [4.78, 5) is 0. The van der Waals surface area contributed by atoms with Crippen molar-refractivity contribution in [2.75, 3.05) is 13.2 Å². The van der Waals surface area contributed by atoms with Gasteiger partial charge in [-0.05, 0) is 42.0 Å². The fraction of sp³-hybridized carbons (Fsp3) is 0.200. The normalized spacial score (nSPS) is 12.2. The first-order chi connectivity index (χ1) is 9.19. The van der Waals surface area contributed by atoms with Crippen LogP contribution in [0, 0.1) is 5.82 Å². The van der Waals surface area contributed by atoms with E-state index < -0.39 is 0 Å². The summed E-state index contributed by atoms with van der Waals surface area (Å²) in [5.74, 6) is 0.139. The van der Waals surface area contributed by atoms with Crippen molar-refractivity contribution in [1.29, 1.82) is 0 Å². The Morgan fingerprint density at radius 2 is 1.68 bits per heavy atom. The number of benzene rings is 2. The monoisotopic (exact) mass is 280 g/mol. The van der Waals surface area contributed by atoms with E-state index in [1.807, 2.05) is 12.1 Å². The van der Waals surface area contributed by atoms with Crippen LogP contribution in [0.3, 0.4) is 0 Å². The maximum atomic E-state index is 12.7. The van der Waals surface area contributed by atoms with Gasteiger partial charge in [0.2, 0.25) is 0 Å². The Balaban J connectivity index is 1.99. The van der Waals surface area contributed by atoms with Gasteiger partial charge in [-0.15, -0.1) is 0 Å². The van der Waals surface area contributed by atoms with E-state index in [0.29, 0.717) is 17.4 Å². The maximum Gasteiger partial charge on any atom is 0.123 e. The molecule has 0 aliphatic rings. The third kappa shape index (κ3) is 3.94. The highest BCUT2D eigenvalue weighted by atomic mass is 35.5. The molecule has 1 N–H and O–H groups in total. The van der Waals surface area contributed by atoms with Crippen LogP contribution in [-0.2, 0) is 0 Å². The molecule has 0 radical (unpaired) electrons.